The molecule has 1 unspecified atom stereocenters. The molecule has 3 aliphatic rings. The van der Waals surface area contributed by atoms with Gasteiger partial charge in [0.15, 0.2) is 0 Å². The molecule has 21 heavy (non-hydrogen) atoms. The number of hydrogen-bond donors (Lipinski definition) is 0. The van der Waals surface area contributed by atoms with Crippen LogP contribution in [0.4, 0.5) is 0 Å². The fourth-order valence-electron chi connectivity index (χ4n) is 3.68. The Balaban J connectivity index is 1.57. The number of ether oxygens (including phenoxy) is 1. The summed E-state index contributed by atoms with van der Waals surface area (Å²) in [4.78, 5) is 17.0. The summed E-state index contributed by atoms with van der Waals surface area (Å²) < 4.78 is 6.19. The van der Waals surface area contributed by atoms with Gasteiger partial charge in [-0.15, -0.1) is 0 Å². The standard InChI is InChI=1S/C17H30N2O2/c1-13(2)6-9-18-10-7-17(8-11-18)12-19(15-4-5-15)16(20)14(3)21-17/h13-15H,4-12H2,1-3H3. The zero-order chi connectivity index (χ0) is 15.0. The van der Waals surface area contributed by atoms with E-state index < -0.39 is 0 Å². The number of hydrogen-bond acceptors (Lipinski definition) is 3. The number of morpholine rings is 1. The number of carbonyl (C=O) groups excluding carboxylic acids is 1. The second-order valence-electron chi connectivity index (χ2n) is 7.66. The van der Waals surface area contributed by atoms with Crippen molar-refractivity contribution in [3.63, 3.8) is 0 Å². The molecular weight excluding hydrogens is 264 g/mol. The predicted molar refractivity (Wildman–Crippen MR) is 83.1 cm³/mol. The summed E-state index contributed by atoms with van der Waals surface area (Å²) in [5, 5.41) is 0. The van der Waals surface area contributed by atoms with E-state index in [9.17, 15) is 4.79 Å². The van der Waals surface area contributed by atoms with Gasteiger partial charge in [0.25, 0.3) is 5.91 Å². The van der Waals surface area contributed by atoms with Crippen molar-refractivity contribution < 1.29 is 9.53 Å². The van der Waals surface area contributed by atoms with Gasteiger partial charge in [0, 0.05) is 19.1 Å². The Bertz CT molecular complexity index is 384. The van der Waals surface area contributed by atoms with Crippen LogP contribution in [-0.2, 0) is 9.53 Å². The Labute approximate surface area is 128 Å². The van der Waals surface area contributed by atoms with Gasteiger partial charge in [-0.3, -0.25) is 4.79 Å². The monoisotopic (exact) mass is 294 g/mol. The van der Waals surface area contributed by atoms with Crippen molar-refractivity contribution in [2.45, 2.75) is 70.6 Å². The van der Waals surface area contributed by atoms with Gasteiger partial charge < -0.3 is 14.5 Å². The van der Waals surface area contributed by atoms with E-state index in [0.717, 1.165) is 38.4 Å². The van der Waals surface area contributed by atoms with Gasteiger partial charge in [-0.1, -0.05) is 13.8 Å². The maximum Gasteiger partial charge on any atom is 0.251 e. The highest BCUT2D eigenvalue weighted by Crippen LogP contribution is 2.38. The molecule has 2 aliphatic heterocycles. The second-order valence-corrected chi connectivity index (χ2v) is 7.66. The molecule has 1 aliphatic carbocycles. The van der Waals surface area contributed by atoms with Crippen LogP contribution in [0.25, 0.3) is 0 Å². The lowest BCUT2D eigenvalue weighted by Crippen LogP contribution is -2.61. The van der Waals surface area contributed by atoms with Gasteiger partial charge in [0.2, 0.25) is 0 Å². The number of likely N-dealkylation sites (tertiary alicyclic amines) is 1. The van der Waals surface area contributed by atoms with Crippen molar-refractivity contribution in [3.8, 4) is 0 Å². The first kappa shape index (κ1) is 15.3. The fraction of sp³-hybridized carbons (Fsp3) is 0.941. The summed E-state index contributed by atoms with van der Waals surface area (Å²) in [6.45, 7) is 10.8. The molecule has 2 heterocycles. The van der Waals surface area contributed by atoms with Gasteiger partial charge in [0.05, 0.1) is 12.1 Å². The normalized spacial score (nSPS) is 30.4. The Hall–Kier alpha value is -0.610. The highest BCUT2D eigenvalue weighted by Gasteiger charge is 2.48. The Morgan fingerprint density at radius 2 is 1.95 bits per heavy atom. The lowest BCUT2D eigenvalue weighted by Gasteiger charge is -2.49. The van der Waals surface area contributed by atoms with Crippen molar-refractivity contribution in [1.29, 1.82) is 0 Å². The molecule has 0 aromatic rings. The van der Waals surface area contributed by atoms with E-state index in [1.807, 2.05) is 6.92 Å². The minimum Gasteiger partial charge on any atom is -0.360 e. The number of rotatable bonds is 4. The zero-order valence-electron chi connectivity index (χ0n) is 13.8. The smallest absolute Gasteiger partial charge is 0.251 e. The molecule has 0 aromatic carbocycles. The Morgan fingerprint density at radius 3 is 2.52 bits per heavy atom. The van der Waals surface area contributed by atoms with Crippen molar-refractivity contribution in [2.24, 2.45) is 5.92 Å². The molecule has 1 amide bonds. The number of piperidine rings is 1. The first-order valence-electron chi connectivity index (χ1n) is 8.70. The lowest BCUT2D eigenvalue weighted by atomic mass is 9.88. The highest BCUT2D eigenvalue weighted by atomic mass is 16.5. The van der Waals surface area contributed by atoms with Crippen LogP contribution in [0.5, 0.6) is 0 Å². The van der Waals surface area contributed by atoms with Crippen LogP contribution in [0.2, 0.25) is 0 Å². The molecule has 0 radical (unpaired) electrons. The molecule has 3 rings (SSSR count). The number of carbonyl (C=O) groups is 1. The van der Waals surface area contributed by atoms with Crippen molar-refractivity contribution in [2.75, 3.05) is 26.2 Å². The van der Waals surface area contributed by atoms with Crippen LogP contribution in [0.3, 0.4) is 0 Å². The van der Waals surface area contributed by atoms with E-state index >= 15 is 0 Å². The van der Waals surface area contributed by atoms with Gasteiger partial charge >= 0.3 is 0 Å². The predicted octanol–water partition coefficient (Wildman–Crippen LogP) is 2.28. The second kappa shape index (κ2) is 5.88. The Kier molecular flexibility index (Phi) is 4.28. The highest BCUT2D eigenvalue weighted by molar-refractivity contribution is 5.82. The maximum absolute atomic E-state index is 12.3. The van der Waals surface area contributed by atoms with E-state index in [-0.39, 0.29) is 17.6 Å². The van der Waals surface area contributed by atoms with Crippen LogP contribution in [0.15, 0.2) is 0 Å². The maximum atomic E-state index is 12.3. The van der Waals surface area contributed by atoms with Crippen LogP contribution in [-0.4, -0.2) is 59.6 Å². The van der Waals surface area contributed by atoms with Gasteiger partial charge in [-0.25, -0.2) is 0 Å². The molecule has 4 heteroatoms. The molecule has 1 atom stereocenters. The summed E-state index contributed by atoms with van der Waals surface area (Å²) in [6, 6.07) is 0.514. The van der Waals surface area contributed by atoms with Crippen molar-refractivity contribution in [1.82, 2.24) is 9.80 Å². The van der Waals surface area contributed by atoms with Gasteiger partial charge in [-0.05, 0) is 51.5 Å². The summed E-state index contributed by atoms with van der Waals surface area (Å²) in [5.41, 5.74) is -0.0652. The average molecular weight is 294 g/mol. The number of amides is 1. The molecule has 1 spiro atoms. The van der Waals surface area contributed by atoms with Crippen LogP contribution in [0.1, 0.15) is 52.9 Å². The van der Waals surface area contributed by atoms with Gasteiger partial charge in [-0.2, -0.15) is 0 Å². The van der Waals surface area contributed by atoms with Crippen LogP contribution in [0, 0.1) is 5.92 Å². The Morgan fingerprint density at radius 1 is 1.29 bits per heavy atom. The molecule has 120 valence electrons. The third-order valence-electron chi connectivity index (χ3n) is 5.29. The third kappa shape index (κ3) is 3.42. The third-order valence-corrected chi connectivity index (χ3v) is 5.29. The molecule has 2 saturated heterocycles. The number of nitrogens with zero attached hydrogens (tertiary/aromatic N) is 2. The molecule has 3 fully saturated rings. The summed E-state index contributed by atoms with van der Waals surface area (Å²) >= 11 is 0. The van der Waals surface area contributed by atoms with Crippen molar-refractivity contribution >= 4 is 5.91 Å². The molecule has 0 aromatic heterocycles. The minimum absolute atomic E-state index is 0.0652. The van der Waals surface area contributed by atoms with E-state index in [4.69, 9.17) is 4.74 Å². The lowest BCUT2D eigenvalue weighted by molar-refractivity contribution is -0.190. The molecule has 4 nitrogen and oxygen atoms in total. The summed E-state index contributed by atoms with van der Waals surface area (Å²) in [6.07, 6.45) is 5.56. The quantitative estimate of drug-likeness (QED) is 0.797. The zero-order valence-corrected chi connectivity index (χ0v) is 13.8. The van der Waals surface area contributed by atoms with E-state index in [0.29, 0.717) is 6.04 Å². The SMILES string of the molecule is CC(C)CCN1CCC2(CC1)CN(C1CC1)C(=O)C(C)O2. The summed E-state index contributed by atoms with van der Waals surface area (Å²) in [5.74, 6) is 0.986. The molecule has 0 N–H and O–H groups in total. The van der Waals surface area contributed by atoms with E-state index in [1.54, 1.807) is 0 Å². The van der Waals surface area contributed by atoms with Crippen LogP contribution < -0.4 is 0 Å². The average Bonchev–Trinajstić information content (AvgIpc) is 3.27. The topological polar surface area (TPSA) is 32.8 Å². The van der Waals surface area contributed by atoms with Crippen LogP contribution >= 0.6 is 0 Å². The molecule has 0 bridgehead atoms. The fourth-order valence-corrected chi connectivity index (χ4v) is 3.68. The molecular formula is C17H30N2O2. The largest absolute Gasteiger partial charge is 0.360 e. The van der Waals surface area contributed by atoms with Crippen molar-refractivity contribution in [3.05, 3.63) is 0 Å². The van der Waals surface area contributed by atoms with Gasteiger partial charge in [0.1, 0.15) is 6.10 Å². The minimum atomic E-state index is -0.249. The first-order chi connectivity index (χ1) is 9.99. The molecule has 1 saturated carbocycles. The van der Waals surface area contributed by atoms with E-state index in [1.165, 1.54) is 25.8 Å². The summed E-state index contributed by atoms with van der Waals surface area (Å²) in [7, 11) is 0. The van der Waals surface area contributed by atoms with E-state index in [2.05, 4.69) is 23.6 Å². The first-order valence-corrected chi connectivity index (χ1v) is 8.70.